The van der Waals surface area contributed by atoms with Crippen molar-refractivity contribution < 1.29 is 30.3 Å². The standard InChI is InChI=1S/2C8H11.C2H7Si.2FH.Zr/c2*1-2-5-8-6-3-4-7-8;1-3-2;;;/h2*6-7H,2-3,5H2,1H3;3H,1-2H3;2*1H;. The zero-order valence-electron chi connectivity index (χ0n) is 14.4. The van der Waals surface area contributed by atoms with Crippen LogP contribution in [0.4, 0.5) is 9.41 Å². The number of hydrogen-bond acceptors (Lipinski definition) is 0. The Labute approximate surface area is 143 Å². The molecule has 2 aliphatic rings. The molecule has 0 amide bonds. The van der Waals surface area contributed by atoms with Crippen LogP contribution >= 0.6 is 0 Å². The molecule has 0 heterocycles. The van der Waals surface area contributed by atoms with Crippen molar-refractivity contribution in [1.82, 2.24) is 0 Å². The first-order chi connectivity index (χ1) is 9.65. The van der Waals surface area contributed by atoms with E-state index >= 15 is 0 Å². The molecule has 0 bridgehead atoms. The second kappa shape index (κ2) is 10.6. The van der Waals surface area contributed by atoms with Crippen LogP contribution in [-0.2, 0) is 20.9 Å². The van der Waals surface area contributed by atoms with Crippen molar-refractivity contribution in [3.05, 3.63) is 42.0 Å². The van der Waals surface area contributed by atoms with Crippen molar-refractivity contribution in [3.8, 4) is 0 Å². The third-order valence-electron chi connectivity index (χ3n) is 4.23. The first-order valence-electron chi connectivity index (χ1n) is 8.32. The summed E-state index contributed by atoms with van der Waals surface area (Å²) in [6.07, 6.45) is 18.0. The molecule has 0 aromatic carbocycles. The van der Waals surface area contributed by atoms with Crippen molar-refractivity contribution in [2.24, 2.45) is 0 Å². The third kappa shape index (κ3) is 5.53. The molecule has 125 valence electrons. The minimum absolute atomic E-state index is 0. The Morgan fingerprint density at radius 1 is 0.864 bits per heavy atom. The summed E-state index contributed by atoms with van der Waals surface area (Å²) in [6, 6.07) is 0. The predicted molar refractivity (Wildman–Crippen MR) is 95.3 cm³/mol. The third-order valence-corrected chi connectivity index (χ3v) is 23.4. The summed E-state index contributed by atoms with van der Waals surface area (Å²) in [7, 11) is 0. The van der Waals surface area contributed by atoms with Gasteiger partial charge in [0.2, 0.25) is 0 Å². The maximum absolute atomic E-state index is 2.62. The van der Waals surface area contributed by atoms with Gasteiger partial charge in [0.25, 0.3) is 0 Å². The smallest absolute Gasteiger partial charge is 0.269 e. The molecule has 0 N–H and O–H groups in total. The van der Waals surface area contributed by atoms with Crippen LogP contribution in [0.3, 0.4) is 0 Å². The topological polar surface area (TPSA) is 0 Å². The number of hydrogen-bond donors (Lipinski definition) is 0. The summed E-state index contributed by atoms with van der Waals surface area (Å²) in [5.74, 6) is -0.493. The van der Waals surface area contributed by atoms with E-state index < -0.39 is 26.8 Å². The molecule has 0 aliphatic heterocycles. The second-order valence-electron chi connectivity index (χ2n) is 6.37. The fourth-order valence-electron chi connectivity index (χ4n) is 3.41. The first kappa shape index (κ1) is 21.9. The number of allylic oxidation sites excluding steroid dienone is 8. The molecule has 0 aromatic heterocycles. The molecule has 0 saturated heterocycles. The van der Waals surface area contributed by atoms with E-state index in [-0.39, 0.29) is 9.41 Å². The van der Waals surface area contributed by atoms with Gasteiger partial charge in [-0.05, 0) is 0 Å². The van der Waals surface area contributed by atoms with E-state index in [1.54, 1.807) is 11.1 Å². The van der Waals surface area contributed by atoms with Crippen LogP contribution in [0.2, 0.25) is 13.1 Å². The number of rotatable bonds is 7. The quantitative estimate of drug-likeness (QED) is 0.462. The van der Waals surface area contributed by atoms with Gasteiger partial charge in [0.05, 0.1) is 0 Å². The van der Waals surface area contributed by atoms with Gasteiger partial charge < -0.3 is 0 Å². The summed E-state index contributed by atoms with van der Waals surface area (Å²) in [5.41, 5.74) is 3.27. The normalized spacial score (nSPS) is 16.4. The van der Waals surface area contributed by atoms with Crippen LogP contribution in [0, 0.1) is 0 Å². The fourth-order valence-corrected chi connectivity index (χ4v) is 22.5. The minimum Gasteiger partial charge on any atom is -0.269 e. The molecule has 0 atom stereocenters. The summed E-state index contributed by atoms with van der Waals surface area (Å²) in [5, 5.41) is 0. The predicted octanol–water partition coefficient (Wildman–Crippen LogP) is 5.92. The maximum atomic E-state index is 2.62. The Balaban J connectivity index is 0.00000220. The molecule has 2 aliphatic carbocycles. The molecule has 4 heteroatoms. The van der Waals surface area contributed by atoms with E-state index in [2.05, 4.69) is 51.2 Å². The Kier molecular flexibility index (Phi) is 10.6. The van der Waals surface area contributed by atoms with Gasteiger partial charge in [-0.2, -0.15) is 0 Å². The van der Waals surface area contributed by atoms with Gasteiger partial charge in [0.15, 0.2) is 0 Å². The molecule has 0 nitrogen and oxygen atoms in total. The molecule has 0 fully saturated rings. The fraction of sp³-hybridized carbons (Fsp3) is 0.556. The van der Waals surface area contributed by atoms with Crippen LogP contribution in [0.25, 0.3) is 0 Å². The average Bonchev–Trinajstić information content (AvgIpc) is 3.01. The van der Waals surface area contributed by atoms with Crippen molar-refractivity contribution in [3.63, 3.8) is 0 Å². The maximum Gasteiger partial charge on any atom is -0.269 e. The zero-order chi connectivity index (χ0) is 14.5. The van der Waals surface area contributed by atoms with Gasteiger partial charge in [-0.3, -0.25) is 9.41 Å². The van der Waals surface area contributed by atoms with Gasteiger partial charge in [-0.1, -0.05) is 0 Å². The van der Waals surface area contributed by atoms with E-state index in [1.165, 1.54) is 38.5 Å². The molecule has 2 rings (SSSR count). The molecule has 0 radical (unpaired) electrons. The monoisotopic (exact) mass is 403 g/mol. The van der Waals surface area contributed by atoms with Crippen LogP contribution in [0.1, 0.15) is 52.4 Å². The van der Waals surface area contributed by atoms with Crippen LogP contribution in [0.5, 0.6) is 0 Å². The number of halogens is 2. The average molecular weight is 405 g/mol. The first-order valence-corrected chi connectivity index (χ1v) is 17.9. The summed E-state index contributed by atoms with van der Waals surface area (Å²) in [6.45, 7) is 9.80. The molecule has 0 saturated carbocycles. The zero-order valence-corrected chi connectivity index (χ0v) is 18.1. The van der Waals surface area contributed by atoms with Gasteiger partial charge >= 0.3 is 134 Å². The van der Waals surface area contributed by atoms with E-state index in [1.807, 2.05) is 6.56 Å². The molecule has 0 aromatic rings. The van der Waals surface area contributed by atoms with E-state index in [0.29, 0.717) is 0 Å². The molecule has 0 unspecified atom stereocenters. The van der Waals surface area contributed by atoms with Gasteiger partial charge in [-0.15, -0.1) is 0 Å². The van der Waals surface area contributed by atoms with E-state index in [0.717, 1.165) is 0 Å². The van der Waals surface area contributed by atoms with E-state index in [4.69, 9.17) is 0 Å². The SMILES string of the molecule is CCCC1=CC[C]([Zr]([C]2=CC(CCC)=CC2)[SiH](C)C)=C1.F.F. The largest absolute Gasteiger partial charge is 0.269 e. The Hall–Kier alpha value is -0.0800. The molecular formula is C18H31F2SiZr. The van der Waals surface area contributed by atoms with Gasteiger partial charge in [0, 0.05) is 0 Å². The molecular weight excluding hydrogens is 374 g/mol. The van der Waals surface area contributed by atoms with Crippen molar-refractivity contribution >= 4 is 5.92 Å². The van der Waals surface area contributed by atoms with Crippen molar-refractivity contribution in [2.45, 2.75) is 65.5 Å². The van der Waals surface area contributed by atoms with E-state index in [9.17, 15) is 0 Å². The summed E-state index contributed by atoms with van der Waals surface area (Å²) >= 11 is -1.44. The summed E-state index contributed by atoms with van der Waals surface area (Å²) < 4.78 is 3.82. The summed E-state index contributed by atoms with van der Waals surface area (Å²) in [4.78, 5) is 0. The van der Waals surface area contributed by atoms with Crippen molar-refractivity contribution in [2.75, 3.05) is 0 Å². The van der Waals surface area contributed by atoms with Gasteiger partial charge in [0.1, 0.15) is 0 Å². The van der Waals surface area contributed by atoms with Crippen LogP contribution < -0.4 is 0 Å². The van der Waals surface area contributed by atoms with Crippen LogP contribution in [0.15, 0.2) is 42.0 Å². The molecule has 22 heavy (non-hydrogen) atoms. The minimum atomic E-state index is -1.44. The Morgan fingerprint density at radius 2 is 1.27 bits per heavy atom. The second-order valence-corrected chi connectivity index (χ2v) is 25.8. The van der Waals surface area contributed by atoms with Crippen molar-refractivity contribution in [1.29, 1.82) is 0 Å². The Morgan fingerprint density at radius 3 is 1.59 bits per heavy atom. The molecule has 0 spiro atoms. The Bertz CT molecular complexity index is 435. The van der Waals surface area contributed by atoms with Crippen LogP contribution in [-0.4, -0.2) is 5.92 Å². The van der Waals surface area contributed by atoms with Gasteiger partial charge in [-0.25, -0.2) is 0 Å².